The van der Waals surface area contributed by atoms with Crippen molar-refractivity contribution in [3.05, 3.63) is 38.9 Å². The monoisotopic (exact) mass is 314 g/mol. The summed E-state index contributed by atoms with van der Waals surface area (Å²) < 4.78 is 0. The van der Waals surface area contributed by atoms with Crippen LogP contribution < -0.4 is 5.32 Å². The minimum atomic E-state index is -0.367. The van der Waals surface area contributed by atoms with Crippen LogP contribution in [0, 0.1) is 10.1 Å². The van der Waals surface area contributed by atoms with E-state index in [2.05, 4.69) is 11.6 Å². The molecule has 1 aromatic rings. The van der Waals surface area contributed by atoms with Crippen molar-refractivity contribution in [3.8, 4) is 0 Å². The number of hydrogen-bond donors (Lipinski definition) is 1. The van der Waals surface area contributed by atoms with Crippen LogP contribution in [0.3, 0.4) is 0 Å². The van der Waals surface area contributed by atoms with Gasteiger partial charge in [0, 0.05) is 34.5 Å². The molecule has 0 radical (unpaired) electrons. The Balaban J connectivity index is 1.98. The summed E-state index contributed by atoms with van der Waals surface area (Å²) in [6.45, 7) is 0.527. The molecule has 4 nitrogen and oxygen atoms in total. The number of benzene rings is 1. The summed E-state index contributed by atoms with van der Waals surface area (Å²) >= 11 is 7.74. The lowest BCUT2D eigenvalue weighted by atomic mass is 9.94. The molecule has 0 bridgehead atoms. The quantitative estimate of drug-likeness (QED) is 0.659. The average Bonchev–Trinajstić information content (AvgIpc) is 2.46. The highest BCUT2D eigenvalue weighted by molar-refractivity contribution is 7.99. The van der Waals surface area contributed by atoms with Crippen molar-refractivity contribution in [2.45, 2.75) is 43.5 Å². The van der Waals surface area contributed by atoms with E-state index >= 15 is 0 Å². The molecule has 1 saturated carbocycles. The van der Waals surface area contributed by atoms with Gasteiger partial charge in [-0.1, -0.05) is 18.0 Å². The van der Waals surface area contributed by atoms with Gasteiger partial charge < -0.3 is 5.32 Å². The van der Waals surface area contributed by atoms with Gasteiger partial charge in [-0.3, -0.25) is 10.1 Å². The van der Waals surface area contributed by atoms with Crippen molar-refractivity contribution in [1.29, 1.82) is 0 Å². The minimum Gasteiger partial charge on any atom is -0.310 e. The Bertz CT molecular complexity index is 484. The highest BCUT2D eigenvalue weighted by atomic mass is 35.5. The summed E-state index contributed by atoms with van der Waals surface area (Å²) in [5.41, 5.74) is 0.799. The highest BCUT2D eigenvalue weighted by Gasteiger charge is 2.22. The van der Waals surface area contributed by atoms with Crippen LogP contribution in [0.2, 0.25) is 5.02 Å². The Morgan fingerprint density at radius 2 is 2.30 bits per heavy atom. The van der Waals surface area contributed by atoms with Crippen molar-refractivity contribution in [2.75, 3.05) is 6.26 Å². The van der Waals surface area contributed by atoms with Crippen molar-refractivity contribution in [2.24, 2.45) is 0 Å². The smallest absolute Gasteiger partial charge is 0.275 e. The van der Waals surface area contributed by atoms with Crippen LogP contribution in [0.1, 0.15) is 31.2 Å². The van der Waals surface area contributed by atoms with Crippen molar-refractivity contribution < 1.29 is 4.92 Å². The van der Waals surface area contributed by atoms with Crippen LogP contribution in [0.4, 0.5) is 5.69 Å². The summed E-state index contributed by atoms with van der Waals surface area (Å²) in [5, 5.41) is 15.6. The van der Waals surface area contributed by atoms with E-state index in [4.69, 9.17) is 11.6 Å². The lowest BCUT2D eigenvalue weighted by Crippen LogP contribution is -2.34. The molecule has 1 aromatic carbocycles. The topological polar surface area (TPSA) is 55.2 Å². The molecule has 2 unspecified atom stereocenters. The second-order valence-corrected chi connectivity index (χ2v) is 6.71. The third-order valence-corrected chi connectivity index (χ3v) is 5.11. The number of nitrogens with zero attached hydrogens (tertiary/aromatic N) is 1. The summed E-state index contributed by atoms with van der Waals surface area (Å²) in [7, 11) is 0. The van der Waals surface area contributed by atoms with E-state index in [0.717, 1.165) is 12.8 Å². The summed E-state index contributed by atoms with van der Waals surface area (Å²) in [5.74, 6) is 0. The maximum Gasteiger partial charge on any atom is 0.275 e. The van der Waals surface area contributed by atoms with E-state index in [0.29, 0.717) is 28.4 Å². The van der Waals surface area contributed by atoms with Crippen molar-refractivity contribution in [1.82, 2.24) is 5.32 Å². The third-order valence-electron chi connectivity index (χ3n) is 3.78. The molecule has 2 atom stereocenters. The molecular formula is C14H19ClN2O2S. The molecule has 1 fully saturated rings. The van der Waals surface area contributed by atoms with E-state index in [-0.39, 0.29) is 10.6 Å². The molecule has 0 amide bonds. The van der Waals surface area contributed by atoms with Crippen molar-refractivity contribution in [3.63, 3.8) is 0 Å². The fraction of sp³-hybridized carbons (Fsp3) is 0.571. The SMILES string of the molecule is CSC1CCCC(NCc2ccc(Cl)cc2[N+](=O)[O-])C1. The molecule has 1 N–H and O–H groups in total. The Morgan fingerprint density at radius 1 is 1.50 bits per heavy atom. The van der Waals surface area contributed by atoms with Gasteiger partial charge in [0.1, 0.15) is 0 Å². The highest BCUT2D eigenvalue weighted by Crippen LogP contribution is 2.28. The predicted octanol–water partition coefficient (Wildman–Crippen LogP) is 4.01. The lowest BCUT2D eigenvalue weighted by Gasteiger charge is -2.28. The minimum absolute atomic E-state index is 0.0993. The van der Waals surface area contributed by atoms with Crippen LogP contribution in [0.15, 0.2) is 18.2 Å². The Labute approximate surface area is 128 Å². The predicted molar refractivity (Wildman–Crippen MR) is 84.5 cm³/mol. The van der Waals surface area contributed by atoms with Gasteiger partial charge in [0.25, 0.3) is 5.69 Å². The molecule has 6 heteroatoms. The average molecular weight is 315 g/mol. The second kappa shape index (κ2) is 7.29. The molecule has 20 heavy (non-hydrogen) atoms. The molecule has 110 valence electrons. The molecule has 0 saturated heterocycles. The number of nitro groups is 1. The largest absolute Gasteiger partial charge is 0.310 e. The molecule has 1 aliphatic carbocycles. The van der Waals surface area contributed by atoms with E-state index in [9.17, 15) is 10.1 Å². The number of rotatable bonds is 5. The van der Waals surface area contributed by atoms with Gasteiger partial charge in [-0.05, 0) is 37.7 Å². The van der Waals surface area contributed by atoms with Gasteiger partial charge in [0.2, 0.25) is 0 Å². The maximum atomic E-state index is 11.0. The third kappa shape index (κ3) is 4.11. The standard InChI is InChI=1S/C14H19ClN2O2S/c1-20-13-4-2-3-12(8-13)16-9-10-5-6-11(15)7-14(10)17(18)19/h5-7,12-13,16H,2-4,8-9H2,1H3. The Morgan fingerprint density at radius 3 is 3.00 bits per heavy atom. The molecular weight excluding hydrogens is 296 g/mol. The number of nitro benzene ring substituents is 1. The lowest BCUT2D eigenvalue weighted by molar-refractivity contribution is -0.385. The van der Waals surface area contributed by atoms with Gasteiger partial charge in [0.05, 0.1) is 4.92 Å². The number of thioether (sulfide) groups is 1. The summed E-state index contributed by atoms with van der Waals surface area (Å²) in [6, 6.07) is 5.32. The fourth-order valence-electron chi connectivity index (χ4n) is 2.66. The van der Waals surface area contributed by atoms with Crippen LogP contribution in [-0.4, -0.2) is 22.5 Å². The zero-order chi connectivity index (χ0) is 14.5. The van der Waals surface area contributed by atoms with E-state index in [1.54, 1.807) is 12.1 Å². The van der Waals surface area contributed by atoms with E-state index in [1.807, 2.05) is 11.8 Å². The molecule has 1 aliphatic rings. The normalized spacial score (nSPS) is 22.7. The second-order valence-electron chi connectivity index (χ2n) is 5.13. The Kier molecular flexibility index (Phi) is 5.69. The van der Waals surface area contributed by atoms with Gasteiger partial charge in [-0.2, -0.15) is 11.8 Å². The molecule has 0 heterocycles. The molecule has 0 aliphatic heterocycles. The first-order chi connectivity index (χ1) is 9.60. The zero-order valence-corrected chi connectivity index (χ0v) is 13.0. The first-order valence-corrected chi connectivity index (χ1v) is 8.45. The molecule has 0 aromatic heterocycles. The Hall–Kier alpha value is -0.780. The van der Waals surface area contributed by atoms with E-state index in [1.165, 1.54) is 18.9 Å². The van der Waals surface area contributed by atoms with Gasteiger partial charge in [0.15, 0.2) is 0 Å². The summed E-state index contributed by atoms with van der Waals surface area (Å²) in [6.07, 6.45) is 6.95. The number of hydrogen-bond acceptors (Lipinski definition) is 4. The van der Waals surface area contributed by atoms with Crippen LogP contribution in [-0.2, 0) is 6.54 Å². The number of halogens is 1. The zero-order valence-electron chi connectivity index (χ0n) is 11.5. The first-order valence-electron chi connectivity index (χ1n) is 6.79. The fourth-order valence-corrected chi connectivity index (χ4v) is 3.65. The van der Waals surface area contributed by atoms with Crippen LogP contribution in [0.25, 0.3) is 0 Å². The number of nitrogens with one attached hydrogen (secondary N) is 1. The molecule has 0 spiro atoms. The van der Waals surface area contributed by atoms with Gasteiger partial charge in [-0.25, -0.2) is 0 Å². The molecule has 2 rings (SSSR count). The van der Waals surface area contributed by atoms with Crippen LogP contribution in [0.5, 0.6) is 0 Å². The van der Waals surface area contributed by atoms with Crippen LogP contribution >= 0.6 is 23.4 Å². The van der Waals surface area contributed by atoms with E-state index < -0.39 is 0 Å². The van der Waals surface area contributed by atoms with Gasteiger partial charge in [-0.15, -0.1) is 0 Å². The summed E-state index contributed by atoms with van der Waals surface area (Å²) in [4.78, 5) is 10.7. The maximum absolute atomic E-state index is 11.0. The van der Waals surface area contributed by atoms with Crippen molar-refractivity contribution >= 4 is 29.1 Å². The first kappa shape index (κ1) is 15.6. The van der Waals surface area contributed by atoms with Gasteiger partial charge >= 0.3 is 0 Å².